The summed E-state index contributed by atoms with van der Waals surface area (Å²) in [5.74, 6) is -11.0. The van der Waals surface area contributed by atoms with E-state index < -0.39 is 47.8 Å². The molecule has 2 atom stereocenters. The fourth-order valence-electron chi connectivity index (χ4n) is 2.32. The molecule has 2 unspecified atom stereocenters. The van der Waals surface area contributed by atoms with Crippen LogP contribution in [0.5, 0.6) is 0 Å². The Hall–Kier alpha value is -2.69. The molecular formula is C14H15ClN2O8. The third-order valence-corrected chi connectivity index (χ3v) is 3.78. The second-order valence-electron chi connectivity index (χ2n) is 5.13. The lowest BCUT2D eigenvalue weighted by Crippen LogP contribution is -2.38. The molecule has 0 aromatic heterocycles. The first-order valence-corrected chi connectivity index (χ1v) is 7.08. The first kappa shape index (κ1) is 20.4. The van der Waals surface area contributed by atoms with Gasteiger partial charge in [0.1, 0.15) is 0 Å². The number of nitrogens with two attached hydrogens (primary N) is 2. The second-order valence-corrected chi connectivity index (χ2v) is 5.57. The summed E-state index contributed by atoms with van der Waals surface area (Å²) < 4.78 is 0. The van der Waals surface area contributed by atoms with Crippen molar-refractivity contribution in [2.24, 2.45) is 23.3 Å². The highest BCUT2D eigenvalue weighted by Crippen LogP contribution is 2.32. The van der Waals surface area contributed by atoms with Gasteiger partial charge in [0, 0.05) is 5.02 Å². The van der Waals surface area contributed by atoms with Crippen LogP contribution in [-0.2, 0) is 19.2 Å². The summed E-state index contributed by atoms with van der Waals surface area (Å²) in [6, 6.07) is 0.321. The lowest BCUT2D eigenvalue weighted by atomic mass is 9.84. The SMILES string of the molecule is NC(c1ccc(Cl)cc1C(N)C(C(=O)O)C(=O)O)C(C(=O)O)C(=O)O. The van der Waals surface area contributed by atoms with Gasteiger partial charge in [-0.15, -0.1) is 0 Å². The van der Waals surface area contributed by atoms with Crippen LogP contribution in [0, 0.1) is 11.8 Å². The number of halogens is 1. The molecule has 0 amide bonds. The molecule has 136 valence electrons. The van der Waals surface area contributed by atoms with Crippen LogP contribution in [0.1, 0.15) is 23.2 Å². The van der Waals surface area contributed by atoms with E-state index in [0.717, 1.165) is 6.07 Å². The van der Waals surface area contributed by atoms with Crippen LogP contribution in [0.3, 0.4) is 0 Å². The van der Waals surface area contributed by atoms with Gasteiger partial charge in [0.2, 0.25) is 0 Å². The minimum absolute atomic E-state index is 0.0538. The number of rotatable bonds is 8. The van der Waals surface area contributed by atoms with Crippen molar-refractivity contribution < 1.29 is 39.6 Å². The molecule has 0 heterocycles. The molecule has 0 fully saturated rings. The standard InChI is InChI=1S/C14H15ClN2O8/c15-4-1-2-5(9(16)7(11(18)19)12(20)21)6(3-4)10(17)8(13(22)23)14(24)25/h1-3,7-10H,16-17H2,(H,18,19)(H,20,21)(H,22,23)(H,24,25). The van der Waals surface area contributed by atoms with Gasteiger partial charge in [-0.2, -0.15) is 0 Å². The Morgan fingerprint density at radius 1 is 0.760 bits per heavy atom. The average Bonchev–Trinajstić information content (AvgIpc) is 2.45. The van der Waals surface area contributed by atoms with E-state index in [4.69, 9.17) is 43.5 Å². The number of carbonyl (C=O) groups is 4. The number of aliphatic carboxylic acids is 4. The Bertz CT molecular complexity index is 695. The van der Waals surface area contributed by atoms with Crippen LogP contribution in [0.2, 0.25) is 5.02 Å². The second kappa shape index (κ2) is 7.92. The van der Waals surface area contributed by atoms with Crippen molar-refractivity contribution in [1.29, 1.82) is 0 Å². The van der Waals surface area contributed by atoms with E-state index in [0.29, 0.717) is 0 Å². The van der Waals surface area contributed by atoms with Crippen LogP contribution in [-0.4, -0.2) is 44.3 Å². The first-order chi connectivity index (χ1) is 11.5. The highest BCUT2D eigenvalue weighted by Gasteiger charge is 2.39. The molecule has 0 bridgehead atoms. The molecule has 0 aliphatic carbocycles. The number of hydrogen-bond acceptors (Lipinski definition) is 6. The Kier molecular flexibility index (Phi) is 6.45. The topological polar surface area (TPSA) is 201 Å². The predicted octanol–water partition coefficient (Wildman–Crippen LogP) is -0.0896. The molecule has 0 aliphatic rings. The molecule has 11 heteroatoms. The minimum atomic E-state index is -2.07. The molecular weight excluding hydrogens is 360 g/mol. The molecule has 25 heavy (non-hydrogen) atoms. The normalized spacial score (nSPS) is 13.5. The van der Waals surface area contributed by atoms with Gasteiger partial charge in [0.05, 0.1) is 12.1 Å². The largest absolute Gasteiger partial charge is 0.481 e. The van der Waals surface area contributed by atoms with Crippen molar-refractivity contribution in [3.63, 3.8) is 0 Å². The van der Waals surface area contributed by atoms with Crippen LogP contribution in [0.25, 0.3) is 0 Å². The van der Waals surface area contributed by atoms with Crippen molar-refractivity contribution in [3.05, 3.63) is 34.3 Å². The molecule has 0 spiro atoms. The summed E-state index contributed by atoms with van der Waals surface area (Å²) in [5.41, 5.74) is 11.2. The van der Waals surface area contributed by atoms with Crippen molar-refractivity contribution in [1.82, 2.24) is 0 Å². The first-order valence-electron chi connectivity index (χ1n) is 6.70. The zero-order valence-electron chi connectivity index (χ0n) is 12.5. The van der Waals surface area contributed by atoms with E-state index in [9.17, 15) is 19.2 Å². The van der Waals surface area contributed by atoms with E-state index in [2.05, 4.69) is 0 Å². The van der Waals surface area contributed by atoms with Gasteiger partial charge in [-0.3, -0.25) is 19.2 Å². The summed E-state index contributed by atoms with van der Waals surface area (Å²) >= 11 is 5.81. The van der Waals surface area contributed by atoms with Gasteiger partial charge >= 0.3 is 23.9 Å². The quantitative estimate of drug-likeness (QED) is 0.334. The van der Waals surface area contributed by atoms with Crippen LogP contribution in [0.15, 0.2) is 18.2 Å². The van der Waals surface area contributed by atoms with Crippen LogP contribution in [0.4, 0.5) is 0 Å². The smallest absolute Gasteiger partial charge is 0.319 e. The summed E-state index contributed by atoms with van der Waals surface area (Å²) in [5, 5.41) is 36.2. The number of carboxylic acids is 4. The van der Waals surface area contributed by atoms with Crippen molar-refractivity contribution in [2.45, 2.75) is 12.1 Å². The maximum absolute atomic E-state index is 11.2. The Labute approximate surface area is 145 Å². The number of benzene rings is 1. The molecule has 10 nitrogen and oxygen atoms in total. The predicted molar refractivity (Wildman–Crippen MR) is 82.8 cm³/mol. The third-order valence-electron chi connectivity index (χ3n) is 3.55. The van der Waals surface area contributed by atoms with Gasteiger partial charge in [0.25, 0.3) is 0 Å². The monoisotopic (exact) mass is 374 g/mol. The van der Waals surface area contributed by atoms with Crippen LogP contribution >= 0.6 is 11.6 Å². The van der Waals surface area contributed by atoms with E-state index in [1.165, 1.54) is 12.1 Å². The lowest BCUT2D eigenvalue weighted by molar-refractivity contribution is -0.158. The maximum Gasteiger partial charge on any atom is 0.319 e. The molecule has 0 saturated carbocycles. The summed E-state index contributed by atoms with van der Waals surface area (Å²) in [6.07, 6.45) is 0. The maximum atomic E-state index is 11.2. The minimum Gasteiger partial charge on any atom is -0.481 e. The Morgan fingerprint density at radius 3 is 1.48 bits per heavy atom. The highest BCUT2D eigenvalue weighted by molar-refractivity contribution is 6.30. The molecule has 1 rings (SSSR count). The lowest BCUT2D eigenvalue weighted by Gasteiger charge is -2.25. The van der Waals surface area contributed by atoms with Crippen molar-refractivity contribution in [2.75, 3.05) is 0 Å². The van der Waals surface area contributed by atoms with E-state index in [1.54, 1.807) is 0 Å². The number of carboxylic acid groups (broad SMARTS) is 4. The fraction of sp³-hybridized carbons (Fsp3) is 0.286. The third kappa shape index (κ3) is 4.44. The highest BCUT2D eigenvalue weighted by atomic mass is 35.5. The van der Waals surface area contributed by atoms with Crippen molar-refractivity contribution in [3.8, 4) is 0 Å². The molecule has 8 N–H and O–H groups in total. The average molecular weight is 375 g/mol. The molecule has 0 aliphatic heterocycles. The Morgan fingerprint density at radius 2 is 1.12 bits per heavy atom. The zero-order chi connectivity index (χ0) is 19.5. The van der Waals surface area contributed by atoms with E-state index >= 15 is 0 Å². The molecule has 0 saturated heterocycles. The van der Waals surface area contributed by atoms with Gasteiger partial charge in [-0.05, 0) is 23.3 Å². The number of hydrogen-bond donors (Lipinski definition) is 6. The summed E-state index contributed by atoms with van der Waals surface area (Å²) in [4.78, 5) is 44.6. The van der Waals surface area contributed by atoms with Crippen LogP contribution < -0.4 is 11.5 Å². The van der Waals surface area contributed by atoms with Gasteiger partial charge in [0.15, 0.2) is 11.8 Å². The van der Waals surface area contributed by atoms with E-state index in [1.807, 2.05) is 0 Å². The van der Waals surface area contributed by atoms with Gasteiger partial charge in [-0.25, -0.2) is 0 Å². The Balaban J connectivity index is 3.50. The summed E-state index contributed by atoms with van der Waals surface area (Å²) in [7, 11) is 0. The fourth-order valence-corrected chi connectivity index (χ4v) is 2.50. The summed E-state index contributed by atoms with van der Waals surface area (Å²) in [6.45, 7) is 0. The van der Waals surface area contributed by atoms with E-state index in [-0.39, 0.29) is 16.1 Å². The van der Waals surface area contributed by atoms with Crippen molar-refractivity contribution >= 4 is 35.5 Å². The van der Waals surface area contributed by atoms with Gasteiger partial charge < -0.3 is 31.9 Å². The molecule has 1 aromatic carbocycles. The molecule has 0 radical (unpaired) electrons. The zero-order valence-corrected chi connectivity index (χ0v) is 13.3. The molecule has 1 aromatic rings. The van der Waals surface area contributed by atoms with Gasteiger partial charge in [-0.1, -0.05) is 17.7 Å².